The highest BCUT2D eigenvalue weighted by Gasteiger charge is 2.43. The Morgan fingerprint density at radius 1 is 1.33 bits per heavy atom. The highest BCUT2D eigenvalue weighted by molar-refractivity contribution is 5.73. The lowest BCUT2D eigenvalue weighted by Gasteiger charge is -2.40. The molecule has 5 atom stereocenters. The number of ether oxygens (including phenoxy) is 1. The van der Waals surface area contributed by atoms with E-state index in [1.807, 2.05) is 0 Å². The zero-order valence-corrected chi connectivity index (χ0v) is 8.20. The molecule has 1 fully saturated rings. The summed E-state index contributed by atoms with van der Waals surface area (Å²) in [5.74, 6) is -0.462. The Bertz CT molecular complexity index is 235. The minimum Gasteiger partial charge on any atom is -0.394 e. The molecule has 0 spiro atoms. The van der Waals surface area contributed by atoms with Crippen molar-refractivity contribution in [1.82, 2.24) is 5.32 Å². The fourth-order valence-corrected chi connectivity index (χ4v) is 1.49. The van der Waals surface area contributed by atoms with E-state index in [9.17, 15) is 20.1 Å². The van der Waals surface area contributed by atoms with Gasteiger partial charge in [-0.1, -0.05) is 0 Å². The molecule has 1 heterocycles. The number of hydrogen-bond acceptors (Lipinski definition) is 6. The van der Waals surface area contributed by atoms with Crippen LogP contribution in [0.25, 0.3) is 0 Å². The molecule has 3 unspecified atom stereocenters. The molecule has 88 valence electrons. The predicted molar refractivity (Wildman–Crippen MR) is 47.6 cm³/mol. The van der Waals surface area contributed by atoms with Crippen LogP contribution in [0.4, 0.5) is 0 Å². The van der Waals surface area contributed by atoms with Crippen LogP contribution >= 0.6 is 0 Å². The fraction of sp³-hybridized carbons (Fsp3) is 0.875. The normalized spacial score (nSPS) is 41.3. The van der Waals surface area contributed by atoms with Crippen molar-refractivity contribution in [2.45, 2.75) is 37.6 Å². The minimum atomic E-state index is -1.45. The third-order valence-corrected chi connectivity index (χ3v) is 2.27. The molecule has 1 aliphatic heterocycles. The van der Waals surface area contributed by atoms with Crippen molar-refractivity contribution >= 4 is 5.91 Å². The van der Waals surface area contributed by atoms with Crippen LogP contribution in [0.1, 0.15) is 6.92 Å². The average Bonchev–Trinajstić information content (AvgIpc) is 2.18. The number of hydrogen-bond donors (Lipinski definition) is 5. The summed E-state index contributed by atoms with van der Waals surface area (Å²) in [5, 5.41) is 39.4. The van der Waals surface area contributed by atoms with Crippen LogP contribution in [0.3, 0.4) is 0 Å². The summed E-state index contributed by atoms with van der Waals surface area (Å²) < 4.78 is 4.81. The van der Waals surface area contributed by atoms with E-state index in [0.717, 1.165) is 0 Å². The first-order valence-corrected chi connectivity index (χ1v) is 4.55. The molecule has 7 heteroatoms. The first kappa shape index (κ1) is 12.3. The first-order valence-electron chi connectivity index (χ1n) is 4.55. The third-order valence-electron chi connectivity index (χ3n) is 2.27. The minimum absolute atomic E-state index is 0.462. The quantitative estimate of drug-likeness (QED) is 0.337. The second-order valence-electron chi connectivity index (χ2n) is 3.46. The molecule has 15 heavy (non-hydrogen) atoms. The van der Waals surface area contributed by atoms with Gasteiger partial charge in [-0.15, -0.1) is 0 Å². The Labute approximate surface area is 86.3 Å². The van der Waals surface area contributed by atoms with E-state index in [4.69, 9.17) is 9.84 Å². The van der Waals surface area contributed by atoms with Gasteiger partial charge in [0, 0.05) is 6.92 Å². The van der Waals surface area contributed by atoms with E-state index in [0.29, 0.717) is 0 Å². The van der Waals surface area contributed by atoms with E-state index in [-0.39, 0.29) is 0 Å². The monoisotopic (exact) mass is 221 g/mol. The van der Waals surface area contributed by atoms with Gasteiger partial charge in [0.2, 0.25) is 5.91 Å². The molecule has 5 N–H and O–H groups in total. The number of carbonyl (C=O) groups is 1. The van der Waals surface area contributed by atoms with Crippen molar-refractivity contribution in [3.63, 3.8) is 0 Å². The van der Waals surface area contributed by atoms with E-state index in [1.165, 1.54) is 6.92 Å². The number of aliphatic hydroxyl groups excluding tert-OH is 4. The maximum atomic E-state index is 10.7. The number of amides is 1. The van der Waals surface area contributed by atoms with Gasteiger partial charge < -0.3 is 30.5 Å². The molecule has 0 aliphatic carbocycles. The maximum absolute atomic E-state index is 10.7. The molecule has 0 aromatic heterocycles. The SMILES string of the molecule is CC(=O)NC1C(O)C(O)[C@@H](CO)O[C@H]1O. The Balaban J connectivity index is 2.70. The second kappa shape index (κ2) is 4.86. The number of nitrogens with one attached hydrogen (secondary N) is 1. The zero-order chi connectivity index (χ0) is 11.6. The van der Waals surface area contributed by atoms with E-state index in [2.05, 4.69) is 5.32 Å². The lowest BCUT2D eigenvalue weighted by atomic mass is 9.97. The Morgan fingerprint density at radius 2 is 1.93 bits per heavy atom. The van der Waals surface area contributed by atoms with E-state index < -0.39 is 43.2 Å². The Hall–Kier alpha value is -0.730. The van der Waals surface area contributed by atoms with Gasteiger partial charge in [0.25, 0.3) is 0 Å². The van der Waals surface area contributed by atoms with Crippen LogP contribution in [-0.2, 0) is 9.53 Å². The van der Waals surface area contributed by atoms with Gasteiger partial charge in [-0.05, 0) is 0 Å². The van der Waals surface area contributed by atoms with Crippen molar-refractivity contribution in [2.24, 2.45) is 0 Å². The summed E-state index contributed by atoms with van der Waals surface area (Å²) >= 11 is 0. The standard InChI is InChI=1S/C8H15NO6/c1-3(11)9-5-7(13)6(12)4(2-10)15-8(5)14/h4-8,10,12-14H,2H2,1H3,(H,9,11)/t4-,5?,6?,7?,8-/m1/s1. The first-order chi connectivity index (χ1) is 6.97. The molecule has 0 radical (unpaired) electrons. The molecule has 0 bridgehead atoms. The van der Waals surface area contributed by atoms with E-state index >= 15 is 0 Å². The van der Waals surface area contributed by atoms with Crippen molar-refractivity contribution < 1.29 is 30.0 Å². The molecule has 0 aromatic carbocycles. The number of carbonyl (C=O) groups excluding carboxylic acids is 1. The molecule has 1 amide bonds. The molecule has 0 saturated carbocycles. The summed E-state index contributed by atoms with van der Waals surface area (Å²) in [6, 6.07) is -1.10. The molecular weight excluding hydrogens is 206 g/mol. The van der Waals surface area contributed by atoms with Gasteiger partial charge in [0.1, 0.15) is 24.4 Å². The summed E-state index contributed by atoms with van der Waals surface area (Å²) in [6.45, 7) is 0.687. The zero-order valence-electron chi connectivity index (χ0n) is 8.20. The van der Waals surface area contributed by atoms with Gasteiger partial charge in [-0.2, -0.15) is 0 Å². The fourth-order valence-electron chi connectivity index (χ4n) is 1.49. The molecule has 7 nitrogen and oxygen atoms in total. The molecule has 1 saturated heterocycles. The smallest absolute Gasteiger partial charge is 0.217 e. The Morgan fingerprint density at radius 3 is 2.40 bits per heavy atom. The molecular formula is C8H15NO6. The van der Waals surface area contributed by atoms with Gasteiger partial charge in [0.15, 0.2) is 6.29 Å². The topological polar surface area (TPSA) is 119 Å². The van der Waals surface area contributed by atoms with Crippen LogP contribution in [0.5, 0.6) is 0 Å². The highest BCUT2D eigenvalue weighted by Crippen LogP contribution is 2.19. The third kappa shape index (κ3) is 2.64. The molecule has 1 rings (SSSR count). The average molecular weight is 221 g/mol. The van der Waals surface area contributed by atoms with Crippen molar-refractivity contribution in [3.8, 4) is 0 Å². The van der Waals surface area contributed by atoms with Crippen molar-refractivity contribution in [2.75, 3.05) is 6.61 Å². The van der Waals surface area contributed by atoms with Crippen LogP contribution in [0.15, 0.2) is 0 Å². The summed E-state index contributed by atoms with van der Waals surface area (Å²) in [5.41, 5.74) is 0. The van der Waals surface area contributed by atoms with E-state index in [1.54, 1.807) is 0 Å². The van der Waals surface area contributed by atoms with Gasteiger partial charge >= 0.3 is 0 Å². The molecule has 0 aromatic rings. The summed E-state index contributed by atoms with van der Waals surface area (Å²) in [6.07, 6.45) is -5.24. The predicted octanol–water partition coefficient (Wildman–Crippen LogP) is -3.08. The molecule has 1 aliphatic rings. The Kier molecular flexibility index (Phi) is 4.00. The van der Waals surface area contributed by atoms with Gasteiger partial charge in [-0.3, -0.25) is 4.79 Å². The van der Waals surface area contributed by atoms with Gasteiger partial charge in [0.05, 0.1) is 6.61 Å². The van der Waals surface area contributed by atoms with Crippen molar-refractivity contribution in [3.05, 3.63) is 0 Å². The number of rotatable bonds is 2. The number of aliphatic hydroxyl groups is 4. The summed E-state index contributed by atoms with van der Waals surface area (Å²) in [4.78, 5) is 10.7. The van der Waals surface area contributed by atoms with Crippen LogP contribution in [0.2, 0.25) is 0 Å². The second-order valence-corrected chi connectivity index (χ2v) is 3.46. The van der Waals surface area contributed by atoms with Crippen LogP contribution in [-0.4, -0.2) is 63.6 Å². The largest absolute Gasteiger partial charge is 0.394 e. The lowest BCUT2D eigenvalue weighted by molar-refractivity contribution is -0.253. The van der Waals surface area contributed by atoms with Crippen LogP contribution in [0, 0.1) is 0 Å². The van der Waals surface area contributed by atoms with Gasteiger partial charge in [-0.25, -0.2) is 0 Å². The van der Waals surface area contributed by atoms with Crippen molar-refractivity contribution in [1.29, 1.82) is 0 Å². The maximum Gasteiger partial charge on any atom is 0.217 e. The van der Waals surface area contributed by atoms with Crippen LogP contribution < -0.4 is 5.32 Å². The highest BCUT2D eigenvalue weighted by atomic mass is 16.6. The lowest BCUT2D eigenvalue weighted by Crippen LogP contribution is -2.63. The summed E-state index contributed by atoms with van der Waals surface area (Å²) in [7, 11) is 0.